The first-order chi connectivity index (χ1) is 15.7. The number of rotatable bonds is 7. The van der Waals surface area contributed by atoms with Crippen LogP contribution >= 0.6 is 15.9 Å². The van der Waals surface area contributed by atoms with Crippen molar-refractivity contribution in [1.82, 2.24) is 0 Å². The SMILES string of the molecule is N#C/C(=C\c1ccc(OS(=O)(=O)c2ccc([N+](=O)[O-])cc2)cc1)C(=O)Nc1ccccc1Br. The van der Waals surface area contributed by atoms with Gasteiger partial charge >= 0.3 is 10.1 Å². The minimum Gasteiger partial charge on any atom is -0.379 e. The Kier molecular flexibility index (Phi) is 7.22. The fourth-order valence-electron chi connectivity index (χ4n) is 2.60. The first-order valence-electron chi connectivity index (χ1n) is 9.16. The second kappa shape index (κ2) is 10.1. The second-order valence-electron chi connectivity index (χ2n) is 6.46. The first-order valence-corrected chi connectivity index (χ1v) is 11.4. The molecule has 33 heavy (non-hydrogen) atoms. The van der Waals surface area contributed by atoms with Gasteiger partial charge < -0.3 is 9.50 Å². The monoisotopic (exact) mass is 527 g/mol. The minimum absolute atomic E-state index is 0.0123. The van der Waals surface area contributed by atoms with Crippen LogP contribution in [0.4, 0.5) is 11.4 Å². The summed E-state index contributed by atoms with van der Waals surface area (Å²) >= 11 is 3.31. The molecular weight excluding hydrogens is 514 g/mol. The molecule has 0 aliphatic carbocycles. The van der Waals surface area contributed by atoms with Crippen LogP contribution < -0.4 is 9.50 Å². The summed E-state index contributed by atoms with van der Waals surface area (Å²) in [5, 5.41) is 22.7. The Balaban J connectivity index is 1.74. The Labute approximate surface area is 197 Å². The van der Waals surface area contributed by atoms with Gasteiger partial charge in [0.1, 0.15) is 22.3 Å². The number of non-ortho nitro benzene ring substituents is 1. The lowest BCUT2D eigenvalue weighted by molar-refractivity contribution is -0.384. The zero-order valence-corrected chi connectivity index (χ0v) is 19.0. The molecular formula is C22H14BrN3O6S. The number of anilines is 1. The average molecular weight is 528 g/mol. The number of carbonyl (C=O) groups is 1. The highest BCUT2D eigenvalue weighted by Gasteiger charge is 2.18. The second-order valence-corrected chi connectivity index (χ2v) is 8.86. The van der Waals surface area contributed by atoms with Crippen LogP contribution in [-0.4, -0.2) is 19.2 Å². The van der Waals surface area contributed by atoms with Gasteiger partial charge in [0.15, 0.2) is 0 Å². The molecule has 0 aromatic heterocycles. The summed E-state index contributed by atoms with van der Waals surface area (Å²) in [6.45, 7) is 0. The molecule has 0 saturated heterocycles. The van der Waals surface area contributed by atoms with Gasteiger partial charge in [0, 0.05) is 16.6 Å². The normalized spacial score (nSPS) is 11.3. The largest absolute Gasteiger partial charge is 0.379 e. The highest BCUT2D eigenvalue weighted by molar-refractivity contribution is 9.10. The summed E-state index contributed by atoms with van der Waals surface area (Å²) in [7, 11) is -4.21. The maximum atomic E-state index is 12.4. The summed E-state index contributed by atoms with van der Waals surface area (Å²) < 4.78 is 30.5. The summed E-state index contributed by atoms with van der Waals surface area (Å²) in [6.07, 6.45) is 1.35. The Morgan fingerprint density at radius 1 is 1.06 bits per heavy atom. The third kappa shape index (κ3) is 6.03. The van der Waals surface area contributed by atoms with Crippen molar-refractivity contribution in [2.75, 3.05) is 5.32 Å². The van der Waals surface area contributed by atoms with Gasteiger partial charge in [-0.2, -0.15) is 13.7 Å². The summed E-state index contributed by atoms with van der Waals surface area (Å²) in [5.74, 6) is -0.618. The van der Waals surface area contributed by atoms with Gasteiger partial charge in [0.2, 0.25) is 0 Å². The van der Waals surface area contributed by atoms with Crippen LogP contribution in [0.1, 0.15) is 5.56 Å². The van der Waals surface area contributed by atoms with Gasteiger partial charge in [-0.1, -0.05) is 24.3 Å². The highest BCUT2D eigenvalue weighted by Crippen LogP contribution is 2.24. The van der Waals surface area contributed by atoms with E-state index in [1.54, 1.807) is 24.3 Å². The van der Waals surface area contributed by atoms with Crippen molar-refractivity contribution in [3.05, 3.63) is 98.5 Å². The van der Waals surface area contributed by atoms with Crippen LogP contribution in [0, 0.1) is 21.4 Å². The van der Waals surface area contributed by atoms with Crippen molar-refractivity contribution in [1.29, 1.82) is 5.26 Å². The number of amides is 1. The number of benzene rings is 3. The smallest absolute Gasteiger partial charge is 0.339 e. The van der Waals surface area contributed by atoms with Crippen LogP contribution in [0.15, 0.2) is 87.7 Å². The van der Waals surface area contributed by atoms with E-state index in [2.05, 4.69) is 21.2 Å². The maximum Gasteiger partial charge on any atom is 0.339 e. The zero-order valence-electron chi connectivity index (χ0n) is 16.6. The molecule has 3 aromatic carbocycles. The number of para-hydroxylation sites is 1. The number of carbonyl (C=O) groups excluding carboxylic acids is 1. The van der Waals surface area contributed by atoms with E-state index in [9.17, 15) is 28.6 Å². The van der Waals surface area contributed by atoms with Crippen LogP contribution in [0.25, 0.3) is 6.08 Å². The molecule has 166 valence electrons. The van der Waals surface area contributed by atoms with Gasteiger partial charge in [-0.15, -0.1) is 0 Å². The Morgan fingerprint density at radius 3 is 2.27 bits per heavy atom. The van der Waals surface area contributed by atoms with Crippen LogP contribution in [0.5, 0.6) is 5.75 Å². The third-order valence-electron chi connectivity index (χ3n) is 4.22. The molecule has 0 spiro atoms. The quantitative estimate of drug-likeness (QED) is 0.155. The number of hydrogen-bond acceptors (Lipinski definition) is 7. The molecule has 3 rings (SSSR count). The van der Waals surface area contributed by atoms with E-state index < -0.39 is 20.9 Å². The molecule has 9 nitrogen and oxygen atoms in total. The van der Waals surface area contributed by atoms with E-state index in [4.69, 9.17) is 4.18 Å². The predicted octanol–water partition coefficient (Wildman–Crippen LogP) is 4.67. The van der Waals surface area contributed by atoms with E-state index in [0.29, 0.717) is 15.7 Å². The molecule has 1 N–H and O–H groups in total. The Morgan fingerprint density at radius 2 is 1.70 bits per heavy atom. The van der Waals surface area contributed by atoms with Crippen LogP contribution in [-0.2, 0) is 14.9 Å². The lowest BCUT2D eigenvalue weighted by Crippen LogP contribution is -2.13. The van der Waals surface area contributed by atoms with E-state index in [1.165, 1.54) is 30.3 Å². The Hall–Kier alpha value is -4.01. The predicted molar refractivity (Wildman–Crippen MR) is 124 cm³/mol. The van der Waals surface area contributed by atoms with Gasteiger partial charge in [-0.25, -0.2) is 0 Å². The lowest BCUT2D eigenvalue weighted by Gasteiger charge is -2.08. The number of nitrogens with one attached hydrogen (secondary N) is 1. The van der Waals surface area contributed by atoms with Crippen LogP contribution in [0.2, 0.25) is 0 Å². The van der Waals surface area contributed by atoms with Gasteiger partial charge in [-0.3, -0.25) is 14.9 Å². The molecule has 3 aromatic rings. The summed E-state index contributed by atoms with van der Waals surface area (Å²) in [4.78, 5) is 22.2. The molecule has 0 unspecified atom stereocenters. The fourth-order valence-corrected chi connectivity index (χ4v) is 3.91. The number of nitro groups is 1. The van der Waals surface area contributed by atoms with Gasteiger partial charge in [0.05, 0.1) is 10.6 Å². The molecule has 0 atom stereocenters. The van der Waals surface area contributed by atoms with Crippen molar-refractivity contribution in [3.8, 4) is 11.8 Å². The number of halogens is 1. The average Bonchev–Trinajstić information content (AvgIpc) is 2.80. The molecule has 0 bridgehead atoms. The van der Waals surface area contributed by atoms with Crippen LogP contribution in [0.3, 0.4) is 0 Å². The van der Waals surface area contributed by atoms with E-state index >= 15 is 0 Å². The summed E-state index contributed by atoms with van der Waals surface area (Å²) in [5.41, 5.74) is 0.567. The molecule has 0 aliphatic rings. The topological polar surface area (TPSA) is 139 Å². The number of nitriles is 1. The van der Waals surface area contributed by atoms with Crippen molar-refractivity contribution >= 4 is 49.4 Å². The first kappa shape index (κ1) is 23.6. The summed E-state index contributed by atoms with van der Waals surface area (Å²) in [6, 6.07) is 18.7. The molecule has 0 saturated carbocycles. The minimum atomic E-state index is -4.21. The number of hydrogen-bond donors (Lipinski definition) is 1. The standard InChI is InChI=1S/C22H14BrN3O6S/c23-20-3-1-2-4-21(20)25-22(27)16(14-24)13-15-5-9-18(10-6-15)32-33(30,31)19-11-7-17(8-12-19)26(28)29/h1-13H,(H,25,27)/b16-13+. The number of nitrogens with zero attached hydrogens (tertiary/aromatic N) is 2. The van der Waals surface area contributed by atoms with E-state index in [0.717, 1.165) is 24.3 Å². The molecule has 0 radical (unpaired) electrons. The van der Waals surface area contributed by atoms with Gasteiger partial charge in [-0.05, 0) is 64.0 Å². The van der Waals surface area contributed by atoms with Gasteiger partial charge in [0.25, 0.3) is 11.6 Å². The fraction of sp³-hybridized carbons (Fsp3) is 0. The third-order valence-corrected chi connectivity index (χ3v) is 6.17. The number of nitro benzene ring substituents is 1. The van der Waals surface area contributed by atoms with Crippen molar-refractivity contribution in [2.24, 2.45) is 0 Å². The maximum absolute atomic E-state index is 12.4. The van der Waals surface area contributed by atoms with E-state index in [-0.39, 0.29) is 21.9 Å². The molecule has 11 heteroatoms. The van der Waals surface area contributed by atoms with E-state index in [1.807, 2.05) is 6.07 Å². The molecule has 0 aliphatic heterocycles. The zero-order chi connectivity index (χ0) is 24.0. The lowest BCUT2D eigenvalue weighted by atomic mass is 10.1. The van der Waals surface area contributed by atoms with Crippen molar-refractivity contribution in [2.45, 2.75) is 4.90 Å². The molecule has 0 heterocycles. The molecule has 1 amide bonds. The van der Waals surface area contributed by atoms with Crippen molar-refractivity contribution < 1.29 is 22.3 Å². The van der Waals surface area contributed by atoms with Crippen molar-refractivity contribution in [3.63, 3.8) is 0 Å². The Bertz CT molecular complexity index is 1380. The highest BCUT2D eigenvalue weighted by atomic mass is 79.9. The molecule has 0 fully saturated rings.